The van der Waals surface area contributed by atoms with E-state index >= 15 is 0 Å². The van der Waals surface area contributed by atoms with Gasteiger partial charge in [-0.3, -0.25) is 9.59 Å². The van der Waals surface area contributed by atoms with Crippen LogP contribution in [0.4, 0.5) is 5.69 Å². The van der Waals surface area contributed by atoms with Gasteiger partial charge in [-0.15, -0.1) is 0 Å². The van der Waals surface area contributed by atoms with Crippen molar-refractivity contribution in [3.8, 4) is 6.07 Å². The molecule has 1 unspecified atom stereocenters. The van der Waals surface area contributed by atoms with Crippen molar-refractivity contribution in [2.45, 2.75) is 31.7 Å². The van der Waals surface area contributed by atoms with E-state index in [4.69, 9.17) is 5.26 Å². The van der Waals surface area contributed by atoms with Crippen LogP contribution < -0.4 is 10.2 Å². The van der Waals surface area contributed by atoms with Gasteiger partial charge in [0.05, 0.1) is 12.5 Å². The fourth-order valence-corrected chi connectivity index (χ4v) is 3.32. The third-order valence-corrected chi connectivity index (χ3v) is 4.66. The zero-order valence-corrected chi connectivity index (χ0v) is 17.8. The van der Waals surface area contributed by atoms with E-state index in [1.165, 1.54) is 0 Å². The average Bonchev–Trinajstić information content (AvgIpc) is 2.73. The lowest BCUT2D eigenvalue weighted by molar-refractivity contribution is -0.125. The molecular formula is C24H30N4O2. The zero-order chi connectivity index (χ0) is 21.8. The normalized spacial score (nSPS) is 11.5. The Morgan fingerprint density at radius 2 is 1.63 bits per heavy atom. The maximum absolute atomic E-state index is 12.7. The number of nitriles is 1. The van der Waals surface area contributed by atoms with Gasteiger partial charge >= 0.3 is 0 Å². The number of anilines is 1. The Morgan fingerprint density at radius 1 is 1.00 bits per heavy atom. The summed E-state index contributed by atoms with van der Waals surface area (Å²) in [5.41, 5.74) is 1.90. The number of nitrogens with zero attached hydrogens (tertiary/aromatic N) is 3. The first-order chi connectivity index (χ1) is 14.5. The van der Waals surface area contributed by atoms with Gasteiger partial charge in [-0.1, -0.05) is 48.5 Å². The van der Waals surface area contributed by atoms with Crippen LogP contribution in [0.3, 0.4) is 0 Å². The van der Waals surface area contributed by atoms with Crippen LogP contribution >= 0.6 is 0 Å². The number of carbonyl (C=O) groups is 2. The highest BCUT2D eigenvalue weighted by molar-refractivity contribution is 5.95. The number of rotatable bonds is 11. The first-order valence-electron chi connectivity index (χ1n) is 10.2. The van der Waals surface area contributed by atoms with Gasteiger partial charge in [-0.05, 0) is 38.2 Å². The van der Waals surface area contributed by atoms with Crippen LogP contribution in [0.1, 0.15) is 24.8 Å². The molecule has 1 atom stereocenters. The van der Waals surface area contributed by atoms with Crippen LogP contribution in [0, 0.1) is 11.3 Å². The quantitative estimate of drug-likeness (QED) is 0.622. The Morgan fingerprint density at radius 3 is 2.23 bits per heavy atom. The third-order valence-electron chi connectivity index (χ3n) is 4.66. The average molecular weight is 407 g/mol. The fraction of sp³-hybridized carbons (Fsp3) is 0.375. The molecule has 2 aromatic rings. The lowest BCUT2D eigenvalue weighted by Gasteiger charge is -2.24. The molecule has 2 rings (SSSR count). The Labute approximate surface area is 179 Å². The molecule has 6 heteroatoms. The highest BCUT2D eigenvalue weighted by atomic mass is 16.2. The summed E-state index contributed by atoms with van der Waals surface area (Å²) in [7, 11) is 3.95. The van der Waals surface area contributed by atoms with E-state index in [1.807, 2.05) is 79.7 Å². The number of hydrogen-bond donors (Lipinski definition) is 1. The molecule has 0 bridgehead atoms. The number of benzene rings is 2. The second-order valence-electron chi connectivity index (χ2n) is 7.51. The van der Waals surface area contributed by atoms with Gasteiger partial charge in [-0.25, -0.2) is 0 Å². The van der Waals surface area contributed by atoms with Crippen molar-refractivity contribution >= 4 is 17.5 Å². The van der Waals surface area contributed by atoms with Crippen molar-refractivity contribution in [1.82, 2.24) is 10.2 Å². The topological polar surface area (TPSA) is 76.4 Å². The Balaban J connectivity index is 1.94. The number of para-hydroxylation sites is 1. The fourth-order valence-electron chi connectivity index (χ4n) is 3.32. The van der Waals surface area contributed by atoms with Crippen LogP contribution in [0.15, 0.2) is 60.7 Å². The smallest absolute Gasteiger partial charge is 0.227 e. The molecule has 0 aliphatic rings. The molecule has 0 saturated heterocycles. The molecule has 2 aromatic carbocycles. The predicted octanol–water partition coefficient (Wildman–Crippen LogP) is 3.00. The maximum atomic E-state index is 12.7. The summed E-state index contributed by atoms with van der Waals surface area (Å²) in [6, 6.07) is 21.3. The number of likely N-dealkylation sites (N-methyl/N-ethyl adjacent to an activating group) is 1. The highest BCUT2D eigenvalue weighted by Gasteiger charge is 2.19. The van der Waals surface area contributed by atoms with Crippen molar-refractivity contribution in [2.75, 3.05) is 32.1 Å². The van der Waals surface area contributed by atoms with Crippen molar-refractivity contribution < 1.29 is 9.59 Å². The van der Waals surface area contributed by atoms with E-state index in [9.17, 15) is 9.59 Å². The van der Waals surface area contributed by atoms with E-state index in [0.717, 1.165) is 17.7 Å². The van der Waals surface area contributed by atoms with Crippen LogP contribution in [0.5, 0.6) is 0 Å². The van der Waals surface area contributed by atoms with Crippen LogP contribution in [0.2, 0.25) is 0 Å². The zero-order valence-electron chi connectivity index (χ0n) is 17.8. The van der Waals surface area contributed by atoms with Crippen LogP contribution in [0.25, 0.3) is 0 Å². The monoisotopic (exact) mass is 406 g/mol. The van der Waals surface area contributed by atoms with Crippen molar-refractivity contribution in [1.29, 1.82) is 5.26 Å². The van der Waals surface area contributed by atoms with E-state index in [1.54, 1.807) is 4.90 Å². The molecule has 158 valence electrons. The van der Waals surface area contributed by atoms with Gasteiger partial charge in [0.1, 0.15) is 0 Å². The lowest BCUT2D eigenvalue weighted by Crippen LogP contribution is -2.43. The first-order valence-corrected chi connectivity index (χ1v) is 10.2. The van der Waals surface area contributed by atoms with Crippen molar-refractivity contribution in [3.05, 3.63) is 66.2 Å². The van der Waals surface area contributed by atoms with E-state index in [-0.39, 0.29) is 37.1 Å². The molecule has 0 radical (unpaired) electrons. The molecular weight excluding hydrogens is 376 g/mol. The summed E-state index contributed by atoms with van der Waals surface area (Å²) in [4.78, 5) is 28.9. The molecule has 0 aliphatic carbocycles. The Bertz CT molecular complexity index is 831. The maximum Gasteiger partial charge on any atom is 0.227 e. The van der Waals surface area contributed by atoms with Crippen molar-refractivity contribution in [2.24, 2.45) is 0 Å². The molecule has 1 N–H and O–H groups in total. The van der Waals surface area contributed by atoms with E-state index in [2.05, 4.69) is 11.4 Å². The molecule has 30 heavy (non-hydrogen) atoms. The van der Waals surface area contributed by atoms with E-state index < -0.39 is 0 Å². The van der Waals surface area contributed by atoms with Gasteiger partial charge in [0.2, 0.25) is 11.8 Å². The number of carbonyl (C=O) groups excluding carboxylic acids is 2. The molecule has 0 spiro atoms. The largest absolute Gasteiger partial charge is 0.352 e. The van der Waals surface area contributed by atoms with E-state index in [0.29, 0.717) is 13.1 Å². The third kappa shape index (κ3) is 8.06. The first kappa shape index (κ1) is 23.1. The van der Waals surface area contributed by atoms with Gasteiger partial charge < -0.3 is 15.1 Å². The summed E-state index contributed by atoms with van der Waals surface area (Å²) >= 11 is 0. The summed E-state index contributed by atoms with van der Waals surface area (Å²) in [6.07, 6.45) is 1.20. The van der Waals surface area contributed by atoms with Gasteiger partial charge in [-0.2, -0.15) is 5.26 Å². The van der Waals surface area contributed by atoms with Crippen molar-refractivity contribution in [3.63, 3.8) is 0 Å². The minimum atomic E-state index is -0.154. The van der Waals surface area contributed by atoms with Crippen LogP contribution in [-0.2, 0) is 16.0 Å². The summed E-state index contributed by atoms with van der Waals surface area (Å²) in [5, 5.41) is 12.0. The minimum Gasteiger partial charge on any atom is -0.352 e. The van der Waals surface area contributed by atoms with Crippen LogP contribution in [-0.4, -0.2) is 49.9 Å². The summed E-state index contributed by atoms with van der Waals surface area (Å²) in [5.74, 6) is -0.293. The SMILES string of the molecule is CN(C)CC(Cc1ccccc1)NC(=O)CCC(=O)N(CCC#N)c1ccccc1. The molecule has 0 saturated carbocycles. The highest BCUT2D eigenvalue weighted by Crippen LogP contribution is 2.15. The molecule has 2 amide bonds. The Hall–Kier alpha value is -3.17. The number of amides is 2. The second kappa shape index (κ2) is 12.4. The van der Waals surface area contributed by atoms with Gasteiger partial charge in [0, 0.05) is 37.7 Å². The molecule has 0 fully saturated rings. The molecule has 0 aliphatic heterocycles. The second-order valence-corrected chi connectivity index (χ2v) is 7.51. The van der Waals surface area contributed by atoms with Gasteiger partial charge in [0.15, 0.2) is 0 Å². The molecule has 6 nitrogen and oxygen atoms in total. The standard InChI is InChI=1S/C24H30N4O2/c1-27(2)19-21(18-20-10-5-3-6-11-20)26-23(29)14-15-24(30)28(17-9-16-25)22-12-7-4-8-13-22/h3-8,10-13,21H,9,14-15,17-19H2,1-2H3,(H,26,29). The number of hydrogen-bond acceptors (Lipinski definition) is 4. The molecule has 0 aromatic heterocycles. The number of nitrogens with one attached hydrogen (secondary N) is 1. The summed E-state index contributed by atoms with van der Waals surface area (Å²) < 4.78 is 0. The lowest BCUT2D eigenvalue weighted by atomic mass is 10.1. The van der Waals surface area contributed by atoms with Gasteiger partial charge in [0.25, 0.3) is 0 Å². The minimum absolute atomic E-state index is 0.0335. The molecule has 0 heterocycles. The summed E-state index contributed by atoms with van der Waals surface area (Å²) in [6.45, 7) is 1.03. The Kier molecular flexibility index (Phi) is 9.56. The predicted molar refractivity (Wildman–Crippen MR) is 119 cm³/mol.